The number of halogens is 2. The molecule has 104 valence electrons. The molecule has 1 aliphatic rings. The van der Waals surface area contributed by atoms with Crippen LogP contribution < -0.4 is 10.5 Å². The molecule has 1 fully saturated rings. The summed E-state index contributed by atoms with van der Waals surface area (Å²) in [6.07, 6.45) is 2.64. The van der Waals surface area contributed by atoms with Gasteiger partial charge < -0.3 is 10.5 Å². The Kier molecular flexibility index (Phi) is 3.64. The van der Waals surface area contributed by atoms with E-state index in [9.17, 15) is 4.39 Å². The van der Waals surface area contributed by atoms with Gasteiger partial charge in [-0.25, -0.2) is 4.39 Å². The maximum absolute atomic E-state index is 13.1. The molecule has 3 rings (SSSR count). The van der Waals surface area contributed by atoms with Crippen molar-refractivity contribution in [2.75, 3.05) is 0 Å². The van der Waals surface area contributed by atoms with E-state index in [1.165, 1.54) is 12.1 Å². The van der Waals surface area contributed by atoms with Gasteiger partial charge in [-0.05, 0) is 48.2 Å². The van der Waals surface area contributed by atoms with Crippen molar-refractivity contribution in [2.24, 2.45) is 5.73 Å². The highest BCUT2D eigenvalue weighted by Crippen LogP contribution is 2.30. The molecule has 1 unspecified atom stereocenters. The zero-order chi connectivity index (χ0) is 14.1. The minimum absolute atomic E-state index is 0.343. The molecule has 1 aliphatic carbocycles. The molecular formula is C16H15ClFNO. The van der Waals surface area contributed by atoms with Crippen LogP contribution in [0.25, 0.3) is 0 Å². The Morgan fingerprint density at radius 2 is 1.85 bits per heavy atom. The third-order valence-electron chi connectivity index (χ3n) is 3.36. The predicted octanol–water partition coefficient (Wildman–Crippen LogP) is 4.07. The lowest BCUT2D eigenvalue weighted by molar-refractivity contribution is 0.303. The topological polar surface area (TPSA) is 35.2 Å². The molecule has 2 nitrogen and oxygen atoms in total. The lowest BCUT2D eigenvalue weighted by Gasteiger charge is -2.15. The van der Waals surface area contributed by atoms with Crippen molar-refractivity contribution in [1.29, 1.82) is 0 Å². The molecule has 2 aromatic carbocycles. The third kappa shape index (κ3) is 2.94. The molecule has 0 amide bonds. The predicted molar refractivity (Wildman–Crippen MR) is 77.5 cm³/mol. The van der Waals surface area contributed by atoms with Gasteiger partial charge in [0.15, 0.2) is 0 Å². The van der Waals surface area contributed by atoms with Crippen LogP contribution in [0.15, 0.2) is 42.5 Å². The van der Waals surface area contributed by atoms with E-state index in [2.05, 4.69) is 0 Å². The highest BCUT2D eigenvalue weighted by atomic mass is 35.5. The zero-order valence-electron chi connectivity index (χ0n) is 10.9. The van der Waals surface area contributed by atoms with Crippen LogP contribution in [0.5, 0.6) is 5.75 Å². The van der Waals surface area contributed by atoms with Crippen LogP contribution in [0.3, 0.4) is 0 Å². The smallest absolute Gasteiger partial charge is 0.124 e. The Morgan fingerprint density at radius 1 is 1.15 bits per heavy atom. The second-order valence-corrected chi connectivity index (χ2v) is 5.44. The van der Waals surface area contributed by atoms with Gasteiger partial charge in [-0.15, -0.1) is 0 Å². The lowest BCUT2D eigenvalue weighted by atomic mass is 9.99. The van der Waals surface area contributed by atoms with Crippen LogP contribution in [-0.4, -0.2) is 6.10 Å². The first-order chi connectivity index (χ1) is 9.63. The molecule has 4 heteroatoms. The maximum atomic E-state index is 13.1. The SMILES string of the molecule is NC(c1ccc(OC2CC2)cc1)c1ccc(F)cc1Cl. The summed E-state index contributed by atoms with van der Waals surface area (Å²) < 4.78 is 18.7. The molecule has 1 saturated carbocycles. The summed E-state index contributed by atoms with van der Waals surface area (Å²) in [7, 11) is 0. The first kappa shape index (κ1) is 13.4. The van der Waals surface area contributed by atoms with E-state index in [0.717, 1.165) is 24.2 Å². The average molecular weight is 292 g/mol. The van der Waals surface area contributed by atoms with Crippen LogP contribution in [0.2, 0.25) is 5.02 Å². The summed E-state index contributed by atoms with van der Waals surface area (Å²) >= 11 is 6.04. The third-order valence-corrected chi connectivity index (χ3v) is 3.69. The number of hydrogen-bond donors (Lipinski definition) is 1. The minimum atomic E-state index is -0.377. The van der Waals surface area contributed by atoms with Crippen molar-refractivity contribution < 1.29 is 9.13 Å². The number of benzene rings is 2. The average Bonchev–Trinajstić information content (AvgIpc) is 3.23. The van der Waals surface area contributed by atoms with Gasteiger partial charge in [-0.2, -0.15) is 0 Å². The van der Waals surface area contributed by atoms with Gasteiger partial charge in [0.1, 0.15) is 11.6 Å². The number of nitrogens with two attached hydrogens (primary N) is 1. The maximum Gasteiger partial charge on any atom is 0.124 e. The Labute approximate surface area is 122 Å². The van der Waals surface area contributed by atoms with Gasteiger partial charge in [-0.3, -0.25) is 0 Å². The summed E-state index contributed by atoms with van der Waals surface area (Å²) in [6.45, 7) is 0. The standard InChI is InChI=1S/C16H15ClFNO/c17-15-9-11(18)3-8-14(15)16(19)10-1-4-12(5-2-10)20-13-6-7-13/h1-5,8-9,13,16H,6-7,19H2. The van der Waals surface area contributed by atoms with E-state index in [-0.39, 0.29) is 11.9 Å². The summed E-state index contributed by atoms with van der Waals surface area (Å²) in [6, 6.07) is 11.5. The summed E-state index contributed by atoms with van der Waals surface area (Å²) in [4.78, 5) is 0. The van der Waals surface area contributed by atoms with Crippen molar-refractivity contribution in [3.05, 3.63) is 64.4 Å². The molecule has 0 saturated heterocycles. The fraction of sp³-hybridized carbons (Fsp3) is 0.250. The normalized spacial score (nSPS) is 15.9. The van der Waals surface area contributed by atoms with Crippen molar-refractivity contribution in [3.8, 4) is 5.75 Å². The van der Waals surface area contributed by atoms with Crippen LogP contribution in [0.1, 0.15) is 30.0 Å². The number of rotatable bonds is 4. The molecule has 0 heterocycles. The molecule has 1 atom stereocenters. The van der Waals surface area contributed by atoms with Gasteiger partial charge in [-0.1, -0.05) is 29.8 Å². The monoisotopic (exact) mass is 291 g/mol. The van der Waals surface area contributed by atoms with Crippen molar-refractivity contribution in [2.45, 2.75) is 25.0 Å². The number of hydrogen-bond acceptors (Lipinski definition) is 2. The van der Waals surface area contributed by atoms with E-state index in [0.29, 0.717) is 16.7 Å². The van der Waals surface area contributed by atoms with Crippen molar-refractivity contribution >= 4 is 11.6 Å². The minimum Gasteiger partial charge on any atom is -0.490 e. The Balaban J connectivity index is 1.80. The highest BCUT2D eigenvalue weighted by Gasteiger charge is 2.23. The van der Waals surface area contributed by atoms with Crippen molar-refractivity contribution in [3.63, 3.8) is 0 Å². The van der Waals surface area contributed by atoms with Crippen LogP contribution in [0, 0.1) is 5.82 Å². The molecule has 0 aromatic heterocycles. The molecule has 20 heavy (non-hydrogen) atoms. The molecule has 0 spiro atoms. The van der Waals surface area contributed by atoms with Crippen LogP contribution in [-0.2, 0) is 0 Å². The molecule has 0 bridgehead atoms. The van der Waals surface area contributed by atoms with E-state index >= 15 is 0 Å². The van der Waals surface area contributed by atoms with E-state index in [4.69, 9.17) is 22.1 Å². The second-order valence-electron chi connectivity index (χ2n) is 5.03. The molecule has 0 radical (unpaired) electrons. The second kappa shape index (κ2) is 5.43. The van der Waals surface area contributed by atoms with Gasteiger partial charge in [0.25, 0.3) is 0 Å². The van der Waals surface area contributed by atoms with E-state index < -0.39 is 0 Å². The molecular weight excluding hydrogens is 277 g/mol. The first-order valence-corrected chi connectivity index (χ1v) is 6.98. The van der Waals surface area contributed by atoms with Gasteiger partial charge in [0.2, 0.25) is 0 Å². The fourth-order valence-corrected chi connectivity index (χ4v) is 2.35. The largest absolute Gasteiger partial charge is 0.490 e. The quantitative estimate of drug-likeness (QED) is 0.921. The van der Waals surface area contributed by atoms with Gasteiger partial charge in [0.05, 0.1) is 12.1 Å². The van der Waals surface area contributed by atoms with Crippen molar-refractivity contribution in [1.82, 2.24) is 0 Å². The Hall–Kier alpha value is -1.58. The molecule has 2 aromatic rings. The van der Waals surface area contributed by atoms with E-state index in [1.54, 1.807) is 6.07 Å². The lowest BCUT2D eigenvalue weighted by Crippen LogP contribution is -2.12. The van der Waals surface area contributed by atoms with Crippen LogP contribution in [0.4, 0.5) is 4.39 Å². The number of ether oxygens (including phenoxy) is 1. The van der Waals surface area contributed by atoms with Crippen LogP contribution >= 0.6 is 11.6 Å². The Bertz CT molecular complexity index is 610. The summed E-state index contributed by atoms with van der Waals surface area (Å²) in [5.74, 6) is 0.493. The Morgan fingerprint density at radius 3 is 2.45 bits per heavy atom. The summed E-state index contributed by atoms with van der Waals surface area (Å²) in [5.41, 5.74) is 7.81. The summed E-state index contributed by atoms with van der Waals surface area (Å²) in [5, 5.41) is 0.343. The highest BCUT2D eigenvalue weighted by molar-refractivity contribution is 6.31. The van der Waals surface area contributed by atoms with E-state index in [1.807, 2.05) is 24.3 Å². The first-order valence-electron chi connectivity index (χ1n) is 6.60. The fourth-order valence-electron chi connectivity index (χ4n) is 2.07. The molecule has 2 N–H and O–H groups in total. The zero-order valence-corrected chi connectivity index (χ0v) is 11.6. The van der Waals surface area contributed by atoms with Gasteiger partial charge in [0, 0.05) is 5.02 Å². The van der Waals surface area contributed by atoms with Gasteiger partial charge >= 0.3 is 0 Å². The molecule has 0 aliphatic heterocycles.